The van der Waals surface area contributed by atoms with Gasteiger partial charge in [-0.3, -0.25) is 4.79 Å². The smallest absolute Gasteiger partial charge is 0.338 e. The van der Waals surface area contributed by atoms with Crippen LogP contribution in [0.2, 0.25) is 15.1 Å². The Morgan fingerprint density at radius 3 is 2.21 bits per heavy atom. The molecule has 8 heteroatoms. The second-order valence-electron chi connectivity index (χ2n) is 5.84. The first-order valence-electron chi connectivity index (χ1n) is 8.36. The third-order valence-electron chi connectivity index (χ3n) is 3.62. The molecule has 0 fully saturated rings. The largest absolute Gasteiger partial charge is 0.455 e. The van der Waals surface area contributed by atoms with E-state index in [-0.39, 0.29) is 15.6 Å². The summed E-state index contributed by atoms with van der Waals surface area (Å²) in [7, 11) is 0. The molecule has 0 radical (unpaired) electrons. The zero-order valence-electron chi connectivity index (χ0n) is 14.8. The number of hydrogen-bond donors (Lipinski definition) is 1. The van der Waals surface area contributed by atoms with Crippen LogP contribution in [0, 0.1) is 0 Å². The van der Waals surface area contributed by atoms with E-state index in [1.165, 1.54) is 24.3 Å². The highest BCUT2D eigenvalue weighted by molar-refractivity contribution is 6.35. The molecule has 1 amide bonds. The van der Waals surface area contributed by atoms with Crippen molar-refractivity contribution in [3.63, 3.8) is 0 Å². The van der Waals surface area contributed by atoms with Gasteiger partial charge in [-0.25, -0.2) is 4.79 Å². The Labute approximate surface area is 182 Å². The lowest BCUT2D eigenvalue weighted by Gasteiger charge is -2.13. The highest BCUT2D eigenvalue weighted by Gasteiger charge is 2.14. The third-order valence-corrected chi connectivity index (χ3v) is 4.29. The van der Waals surface area contributed by atoms with Crippen LogP contribution in [0.4, 0.5) is 5.69 Å². The quantitative estimate of drug-likeness (QED) is 0.452. The van der Waals surface area contributed by atoms with E-state index in [2.05, 4.69) is 5.32 Å². The molecule has 5 nitrogen and oxygen atoms in total. The van der Waals surface area contributed by atoms with E-state index < -0.39 is 18.5 Å². The molecule has 0 aliphatic carbocycles. The van der Waals surface area contributed by atoms with Gasteiger partial charge in [0.2, 0.25) is 0 Å². The molecule has 0 spiro atoms. The molecule has 0 aliphatic heterocycles. The molecule has 3 aromatic rings. The van der Waals surface area contributed by atoms with E-state index in [1.807, 2.05) is 18.2 Å². The number of benzene rings is 3. The van der Waals surface area contributed by atoms with E-state index >= 15 is 0 Å². The van der Waals surface area contributed by atoms with E-state index in [9.17, 15) is 9.59 Å². The highest BCUT2D eigenvalue weighted by atomic mass is 35.5. The molecule has 0 heterocycles. The minimum Gasteiger partial charge on any atom is -0.455 e. The number of rotatable bonds is 6. The van der Waals surface area contributed by atoms with Gasteiger partial charge in [-0.1, -0.05) is 53.0 Å². The number of carbonyl (C=O) groups is 2. The Hall–Kier alpha value is -2.73. The van der Waals surface area contributed by atoms with Gasteiger partial charge in [0.15, 0.2) is 12.4 Å². The van der Waals surface area contributed by atoms with Crippen LogP contribution in [-0.4, -0.2) is 18.5 Å². The van der Waals surface area contributed by atoms with Crippen molar-refractivity contribution in [1.82, 2.24) is 0 Å². The Morgan fingerprint density at radius 2 is 1.52 bits per heavy atom. The summed E-state index contributed by atoms with van der Waals surface area (Å²) in [4.78, 5) is 24.4. The van der Waals surface area contributed by atoms with Crippen molar-refractivity contribution < 1.29 is 19.1 Å². The van der Waals surface area contributed by atoms with E-state index in [4.69, 9.17) is 44.3 Å². The molecule has 1 N–H and O–H groups in total. The molecule has 3 rings (SSSR count). The monoisotopic (exact) mass is 449 g/mol. The van der Waals surface area contributed by atoms with Crippen molar-refractivity contribution in [2.45, 2.75) is 0 Å². The number of nitrogens with one attached hydrogen (secondary N) is 1. The summed E-state index contributed by atoms with van der Waals surface area (Å²) in [6.45, 7) is -0.514. The Morgan fingerprint density at radius 1 is 0.828 bits per heavy atom. The Bertz CT molecular complexity index is 1020. The SMILES string of the molecule is O=C(COC(=O)c1cc(Cl)cc(Cl)c1)Nc1cc(Cl)ccc1Oc1ccccc1. The van der Waals surface area contributed by atoms with Crippen LogP contribution in [-0.2, 0) is 9.53 Å². The summed E-state index contributed by atoms with van der Waals surface area (Å²) in [5.41, 5.74) is 0.486. The summed E-state index contributed by atoms with van der Waals surface area (Å²) < 4.78 is 10.8. The maximum absolute atomic E-state index is 12.3. The van der Waals surface area contributed by atoms with Gasteiger partial charge in [0.1, 0.15) is 5.75 Å². The van der Waals surface area contributed by atoms with E-state index in [0.717, 1.165) is 0 Å². The zero-order valence-corrected chi connectivity index (χ0v) is 17.1. The minimum atomic E-state index is -0.726. The van der Waals surface area contributed by atoms with Gasteiger partial charge < -0.3 is 14.8 Å². The average molecular weight is 451 g/mol. The standard InChI is InChI=1S/C21H14Cl3NO4/c22-14-6-7-19(29-17-4-2-1-3-5-17)18(11-14)25-20(26)12-28-21(27)13-8-15(23)10-16(24)9-13/h1-11H,12H2,(H,25,26). The van der Waals surface area contributed by atoms with Gasteiger partial charge in [0.05, 0.1) is 11.3 Å². The van der Waals surface area contributed by atoms with Crippen LogP contribution in [0.5, 0.6) is 11.5 Å². The summed E-state index contributed by atoms with van der Waals surface area (Å²) in [6, 6.07) is 18.2. The van der Waals surface area contributed by atoms with Crippen molar-refractivity contribution in [3.05, 3.63) is 87.4 Å². The second kappa shape index (κ2) is 9.65. The molecular formula is C21H14Cl3NO4. The first kappa shape index (κ1) is 21.0. The number of esters is 1. The summed E-state index contributed by atoms with van der Waals surface area (Å²) in [5, 5.41) is 3.61. The number of hydrogen-bond acceptors (Lipinski definition) is 4. The normalized spacial score (nSPS) is 10.3. The lowest BCUT2D eigenvalue weighted by molar-refractivity contribution is -0.119. The second-order valence-corrected chi connectivity index (χ2v) is 7.15. The van der Waals surface area contributed by atoms with Crippen LogP contribution in [0.3, 0.4) is 0 Å². The van der Waals surface area contributed by atoms with Gasteiger partial charge in [-0.2, -0.15) is 0 Å². The molecule has 148 valence electrons. The Kier molecular flexibility index (Phi) is 6.99. The molecular weight excluding hydrogens is 437 g/mol. The van der Waals surface area contributed by atoms with Crippen molar-refractivity contribution in [3.8, 4) is 11.5 Å². The van der Waals surface area contributed by atoms with Crippen molar-refractivity contribution in [2.75, 3.05) is 11.9 Å². The molecule has 0 aliphatic rings. The van der Waals surface area contributed by atoms with Crippen LogP contribution in [0.25, 0.3) is 0 Å². The minimum absolute atomic E-state index is 0.145. The number of anilines is 1. The first-order valence-corrected chi connectivity index (χ1v) is 9.49. The van der Waals surface area contributed by atoms with Crippen molar-refractivity contribution in [1.29, 1.82) is 0 Å². The van der Waals surface area contributed by atoms with Crippen molar-refractivity contribution in [2.24, 2.45) is 0 Å². The van der Waals surface area contributed by atoms with Crippen LogP contribution in [0.15, 0.2) is 66.7 Å². The summed E-state index contributed by atoms with van der Waals surface area (Å²) in [5.74, 6) is -0.306. The first-order chi connectivity index (χ1) is 13.9. The number of halogens is 3. The van der Waals surface area contributed by atoms with Gasteiger partial charge >= 0.3 is 5.97 Å². The number of ether oxygens (including phenoxy) is 2. The maximum Gasteiger partial charge on any atom is 0.338 e. The van der Waals surface area contributed by atoms with Gasteiger partial charge in [-0.05, 0) is 48.5 Å². The molecule has 0 saturated carbocycles. The number of para-hydroxylation sites is 1. The lowest BCUT2D eigenvalue weighted by Crippen LogP contribution is -2.21. The average Bonchev–Trinajstić information content (AvgIpc) is 2.68. The maximum atomic E-state index is 12.3. The molecule has 0 saturated heterocycles. The Balaban J connectivity index is 1.65. The molecule has 29 heavy (non-hydrogen) atoms. The molecule has 3 aromatic carbocycles. The van der Waals surface area contributed by atoms with Crippen LogP contribution >= 0.6 is 34.8 Å². The van der Waals surface area contributed by atoms with Gasteiger partial charge in [0, 0.05) is 15.1 Å². The number of carbonyl (C=O) groups excluding carboxylic acids is 2. The van der Waals surface area contributed by atoms with E-state index in [0.29, 0.717) is 22.2 Å². The van der Waals surface area contributed by atoms with E-state index in [1.54, 1.807) is 24.3 Å². The van der Waals surface area contributed by atoms with Gasteiger partial charge in [-0.15, -0.1) is 0 Å². The highest BCUT2D eigenvalue weighted by Crippen LogP contribution is 2.32. The topological polar surface area (TPSA) is 64.6 Å². The fourth-order valence-electron chi connectivity index (χ4n) is 2.38. The van der Waals surface area contributed by atoms with Crippen LogP contribution in [0.1, 0.15) is 10.4 Å². The predicted octanol–water partition coefficient (Wildman–Crippen LogP) is 6.23. The zero-order chi connectivity index (χ0) is 20.8. The fourth-order valence-corrected chi connectivity index (χ4v) is 3.07. The lowest BCUT2D eigenvalue weighted by atomic mass is 10.2. The molecule has 0 atom stereocenters. The van der Waals surface area contributed by atoms with Gasteiger partial charge in [0.25, 0.3) is 5.91 Å². The summed E-state index contributed by atoms with van der Waals surface area (Å²) in [6.07, 6.45) is 0. The number of amides is 1. The van der Waals surface area contributed by atoms with Crippen LogP contribution < -0.4 is 10.1 Å². The van der Waals surface area contributed by atoms with Crippen molar-refractivity contribution >= 4 is 52.4 Å². The fraction of sp³-hybridized carbons (Fsp3) is 0.0476. The molecule has 0 bridgehead atoms. The molecule has 0 aromatic heterocycles. The summed E-state index contributed by atoms with van der Waals surface area (Å²) >= 11 is 17.8. The molecule has 0 unspecified atom stereocenters. The predicted molar refractivity (Wildman–Crippen MR) is 113 cm³/mol. The third kappa shape index (κ3) is 6.12.